The summed E-state index contributed by atoms with van der Waals surface area (Å²) in [5.74, 6) is -0.00990. The Labute approximate surface area is 155 Å². The van der Waals surface area contributed by atoms with E-state index in [1.165, 1.54) is 11.3 Å². The smallest absolute Gasteiger partial charge is 0.240 e. The van der Waals surface area contributed by atoms with Gasteiger partial charge in [0.2, 0.25) is 11.0 Å². The average molecular weight is 363 g/mol. The Morgan fingerprint density at radius 1 is 1.15 bits per heavy atom. The van der Waals surface area contributed by atoms with E-state index in [0.717, 1.165) is 23.1 Å². The number of para-hydroxylation sites is 1. The normalized spacial score (nSPS) is 18.3. The van der Waals surface area contributed by atoms with Crippen LogP contribution in [0.2, 0.25) is 0 Å². The molecule has 1 atom stereocenters. The molecule has 6 heteroatoms. The minimum absolute atomic E-state index is 0.00990. The second-order valence-corrected chi connectivity index (χ2v) is 7.57. The molecule has 1 heterocycles. The highest BCUT2D eigenvalue weighted by Gasteiger charge is 2.43. The molecule has 2 aromatic carbocycles. The van der Waals surface area contributed by atoms with Gasteiger partial charge in [-0.1, -0.05) is 48.6 Å². The van der Waals surface area contributed by atoms with Gasteiger partial charge in [-0.05, 0) is 42.2 Å². The van der Waals surface area contributed by atoms with E-state index >= 15 is 0 Å². The molecule has 0 N–H and O–H groups in total. The van der Waals surface area contributed by atoms with E-state index in [9.17, 15) is 9.59 Å². The molecular formula is C20H17N3O2S. The number of amides is 1. The summed E-state index contributed by atoms with van der Waals surface area (Å²) in [5, 5.41) is 8.58. The molecule has 0 saturated heterocycles. The molecule has 4 rings (SSSR count). The number of anilines is 2. The minimum Gasteiger partial charge on any atom is -0.298 e. The number of carbonyl (C=O) groups excluding carboxylic acids is 2. The van der Waals surface area contributed by atoms with Crippen molar-refractivity contribution in [1.29, 1.82) is 0 Å². The van der Waals surface area contributed by atoms with Gasteiger partial charge in [0.25, 0.3) is 0 Å². The zero-order chi connectivity index (χ0) is 18.1. The summed E-state index contributed by atoms with van der Waals surface area (Å²) >= 11 is 1.34. The molecule has 0 fully saturated rings. The molecule has 0 aliphatic heterocycles. The van der Waals surface area contributed by atoms with E-state index in [-0.39, 0.29) is 5.91 Å². The van der Waals surface area contributed by atoms with Gasteiger partial charge in [0.1, 0.15) is 11.8 Å². The molecule has 1 aromatic heterocycles. The van der Waals surface area contributed by atoms with E-state index in [2.05, 4.69) is 10.2 Å². The van der Waals surface area contributed by atoms with Crippen LogP contribution in [0.15, 0.2) is 54.0 Å². The van der Waals surface area contributed by atoms with Crippen LogP contribution in [0, 0.1) is 5.41 Å². The molecule has 0 bridgehead atoms. The van der Waals surface area contributed by atoms with E-state index in [4.69, 9.17) is 0 Å². The van der Waals surface area contributed by atoms with Gasteiger partial charge in [-0.3, -0.25) is 14.5 Å². The molecule has 1 aliphatic rings. The third-order valence-corrected chi connectivity index (χ3v) is 5.48. The predicted molar refractivity (Wildman–Crippen MR) is 101 cm³/mol. The lowest BCUT2D eigenvalue weighted by Gasteiger charge is -2.29. The Morgan fingerprint density at radius 2 is 1.92 bits per heavy atom. The number of nitrogens with zero attached hydrogens (tertiary/aromatic N) is 3. The third kappa shape index (κ3) is 2.82. The minimum atomic E-state index is -0.592. The van der Waals surface area contributed by atoms with Crippen LogP contribution in [0.25, 0.3) is 0 Å². The first kappa shape index (κ1) is 16.6. The number of hydrogen-bond acceptors (Lipinski definition) is 5. The van der Waals surface area contributed by atoms with Gasteiger partial charge in [-0.15, -0.1) is 10.2 Å². The van der Waals surface area contributed by atoms with Crippen molar-refractivity contribution in [2.75, 3.05) is 4.90 Å². The number of aldehydes is 1. The van der Waals surface area contributed by atoms with E-state index in [1.807, 2.05) is 55.5 Å². The lowest BCUT2D eigenvalue weighted by Crippen LogP contribution is -2.40. The van der Waals surface area contributed by atoms with Crippen LogP contribution in [-0.2, 0) is 17.6 Å². The van der Waals surface area contributed by atoms with Gasteiger partial charge in [0.15, 0.2) is 0 Å². The van der Waals surface area contributed by atoms with Crippen molar-refractivity contribution in [3.05, 3.63) is 70.7 Å². The maximum atomic E-state index is 13.6. The summed E-state index contributed by atoms with van der Waals surface area (Å²) in [6.45, 7) is 1.98. The first-order valence-corrected chi connectivity index (χ1v) is 9.21. The van der Waals surface area contributed by atoms with Crippen molar-refractivity contribution >= 4 is 34.3 Å². The number of aromatic nitrogens is 2. The van der Waals surface area contributed by atoms with E-state index < -0.39 is 5.41 Å². The van der Waals surface area contributed by atoms with Crippen LogP contribution in [0.5, 0.6) is 0 Å². The Hall–Kier alpha value is -2.86. The maximum absolute atomic E-state index is 13.6. The van der Waals surface area contributed by atoms with Crippen molar-refractivity contribution in [3.63, 3.8) is 0 Å². The maximum Gasteiger partial charge on any atom is 0.240 e. The summed E-state index contributed by atoms with van der Waals surface area (Å²) < 4.78 is 0. The predicted octanol–water partition coefficient (Wildman–Crippen LogP) is 3.82. The number of hydrogen-bond donors (Lipinski definition) is 0. The molecule has 0 saturated carbocycles. The topological polar surface area (TPSA) is 63.2 Å². The number of carbonyl (C=O) groups is 2. The van der Waals surface area contributed by atoms with Gasteiger partial charge < -0.3 is 0 Å². The zero-order valence-corrected chi connectivity index (χ0v) is 15.1. The first-order valence-electron chi connectivity index (χ1n) is 8.33. The van der Waals surface area contributed by atoms with Crippen molar-refractivity contribution in [3.8, 4) is 0 Å². The molecule has 0 spiro atoms. The van der Waals surface area contributed by atoms with Gasteiger partial charge in [-0.2, -0.15) is 0 Å². The van der Waals surface area contributed by atoms with Gasteiger partial charge in [-0.25, -0.2) is 0 Å². The van der Waals surface area contributed by atoms with E-state index in [0.29, 0.717) is 23.5 Å². The highest BCUT2D eigenvalue weighted by molar-refractivity contribution is 7.13. The van der Waals surface area contributed by atoms with Crippen LogP contribution < -0.4 is 4.90 Å². The summed E-state index contributed by atoms with van der Waals surface area (Å²) in [5.41, 5.74) is 4.64. The Balaban J connectivity index is 1.72. The Kier molecular flexibility index (Phi) is 4.12. The van der Waals surface area contributed by atoms with Gasteiger partial charge in [0, 0.05) is 5.56 Å². The quantitative estimate of drug-likeness (QED) is 0.661. The molecule has 130 valence electrons. The number of benzene rings is 2. The number of rotatable bonds is 4. The molecule has 1 amide bonds. The van der Waals surface area contributed by atoms with Crippen molar-refractivity contribution in [2.45, 2.75) is 19.8 Å². The average Bonchev–Trinajstić information content (AvgIpc) is 3.29. The molecule has 26 heavy (non-hydrogen) atoms. The Morgan fingerprint density at radius 3 is 2.62 bits per heavy atom. The van der Waals surface area contributed by atoms with Crippen molar-refractivity contribution in [2.24, 2.45) is 5.41 Å². The monoisotopic (exact) mass is 363 g/mol. The molecule has 3 aromatic rings. The second-order valence-electron chi connectivity index (χ2n) is 6.76. The standard InChI is InChI=1S/C20H17N3O2S/c1-20(10-15-8-7-14(12-24)9-16(15)11-20)18(25)23(19-22-21-13-26-19)17-5-3-2-4-6-17/h2-9,12-13H,10-11H2,1H3. The Bertz CT molecular complexity index is 956. The summed E-state index contributed by atoms with van der Waals surface area (Å²) in [6.07, 6.45) is 2.09. The molecule has 0 radical (unpaired) electrons. The fraction of sp³-hybridized carbons (Fsp3) is 0.200. The van der Waals surface area contributed by atoms with Gasteiger partial charge in [0.05, 0.1) is 11.1 Å². The van der Waals surface area contributed by atoms with Crippen LogP contribution in [0.3, 0.4) is 0 Å². The fourth-order valence-corrected chi connectivity index (χ4v) is 4.11. The van der Waals surface area contributed by atoms with E-state index in [1.54, 1.807) is 10.4 Å². The van der Waals surface area contributed by atoms with Gasteiger partial charge >= 0.3 is 0 Å². The van der Waals surface area contributed by atoms with Crippen LogP contribution >= 0.6 is 11.3 Å². The summed E-state index contributed by atoms with van der Waals surface area (Å²) in [7, 11) is 0. The lowest BCUT2D eigenvalue weighted by molar-refractivity contribution is -0.126. The summed E-state index contributed by atoms with van der Waals surface area (Å²) in [4.78, 5) is 26.3. The van der Waals surface area contributed by atoms with Crippen molar-refractivity contribution in [1.82, 2.24) is 10.2 Å². The fourth-order valence-electron chi connectivity index (χ4n) is 3.54. The van der Waals surface area contributed by atoms with Crippen LogP contribution in [-0.4, -0.2) is 22.4 Å². The second kappa shape index (κ2) is 6.46. The van der Waals surface area contributed by atoms with Crippen LogP contribution in [0.4, 0.5) is 10.8 Å². The molecule has 1 unspecified atom stereocenters. The molecular weight excluding hydrogens is 346 g/mol. The third-order valence-electron chi connectivity index (χ3n) is 4.80. The highest BCUT2D eigenvalue weighted by Crippen LogP contribution is 2.41. The van der Waals surface area contributed by atoms with Crippen LogP contribution in [0.1, 0.15) is 28.4 Å². The highest BCUT2D eigenvalue weighted by atomic mass is 32.1. The number of fused-ring (bicyclic) bond motifs is 1. The summed E-state index contributed by atoms with van der Waals surface area (Å²) in [6, 6.07) is 15.2. The zero-order valence-electron chi connectivity index (χ0n) is 14.3. The molecule has 1 aliphatic carbocycles. The lowest BCUT2D eigenvalue weighted by atomic mass is 9.85. The largest absolute Gasteiger partial charge is 0.298 e. The van der Waals surface area contributed by atoms with Crippen molar-refractivity contribution < 1.29 is 9.59 Å². The first-order chi connectivity index (χ1) is 12.6. The molecule has 5 nitrogen and oxygen atoms in total. The SMILES string of the molecule is CC1(C(=O)N(c2ccccc2)c2nncs2)Cc2ccc(C=O)cc2C1.